The molecule has 0 unspecified atom stereocenters. The molecule has 0 radical (unpaired) electrons. The lowest BCUT2D eigenvalue weighted by molar-refractivity contribution is 1.35. The molecule has 1 nitrogen and oxygen atoms in total. The van der Waals surface area contributed by atoms with E-state index >= 15 is 0 Å². The van der Waals surface area contributed by atoms with Gasteiger partial charge in [-0.25, -0.2) is 0 Å². The molecule has 2 aromatic rings. The molecule has 0 aromatic heterocycles. The molecule has 0 aliphatic heterocycles. The minimum atomic E-state index is 0.735. The van der Waals surface area contributed by atoms with E-state index < -0.39 is 0 Å². The van der Waals surface area contributed by atoms with Gasteiger partial charge in [0, 0.05) is 21.4 Å². The number of anilines is 1. The maximum atomic E-state index is 5.95. The van der Waals surface area contributed by atoms with Gasteiger partial charge in [0.1, 0.15) is 0 Å². The van der Waals surface area contributed by atoms with E-state index in [1.165, 1.54) is 10.5 Å². The Kier molecular flexibility index (Phi) is 3.97. The number of benzene rings is 2. The van der Waals surface area contributed by atoms with Crippen LogP contribution in [0.3, 0.4) is 0 Å². The number of thioether (sulfide) groups is 1. The predicted octanol–water partition coefficient (Wildman–Crippen LogP) is 4.52. The molecule has 0 spiro atoms. The normalized spacial score (nSPS) is 10.5. The Morgan fingerprint density at radius 1 is 1.12 bits per heavy atom. The first kappa shape index (κ1) is 12.3. The number of aryl methyl sites for hydroxylation is 1. The first-order chi connectivity index (χ1) is 8.15. The smallest absolute Gasteiger partial charge is 0.0410 e. The fraction of sp³-hybridized carbons (Fsp3) is 0.143. The molecule has 2 rings (SSSR count). The monoisotopic (exact) mass is 263 g/mol. The predicted molar refractivity (Wildman–Crippen MR) is 76.6 cm³/mol. The molecule has 0 heterocycles. The average Bonchev–Trinajstić information content (AvgIpc) is 2.32. The zero-order valence-corrected chi connectivity index (χ0v) is 11.2. The van der Waals surface area contributed by atoms with E-state index in [1.807, 2.05) is 18.2 Å². The van der Waals surface area contributed by atoms with Gasteiger partial charge < -0.3 is 5.73 Å². The van der Waals surface area contributed by atoms with Crippen molar-refractivity contribution in [3.63, 3.8) is 0 Å². The number of hydrogen-bond donors (Lipinski definition) is 1. The summed E-state index contributed by atoms with van der Waals surface area (Å²) in [6.07, 6.45) is 0. The summed E-state index contributed by atoms with van der Waals surface area (Å²) in [5.41, 5.74) is 9.07. The molecule has 2 aromatic carbocycles. The van der Waals surface area contributed by atoms with E-state index in [1.54, 1.807) is 11.8 Å². The summed E-state index contributed by atoms with van der Waals surface area (Å²) >= 11 is 7.72. The van der Waals surface area contributed by atoms with Crippen LogP contribution in [-0.2, 0) is 5.75 Å². The Labute approximate surface area is 111 Å². The largest absolute Gasteiger partial charge is 0.398 e. The van der Waals surface area contributed by atoms with E-state index in [0.29, 0.717) is 0 Å². The SMILES string of the molecule is Cc1ccc(SCc2cc(Cl)ccc2N)cc1. The molecular weight excluding hydrogens is 250 g/mol. The summed E-state index contributed by atoms with van der Waals surface area (Å²) in [5.74, 6) is 0.843. The molecule has 0 aliphatic carbocycles. The molecule has 0 amide bonds. The fourth-order valence-corrected chi connectivity index (χ4v) is 2.59. The van der Waals surface area contributed by atoms with Crippen molar-refractivity contribution >= 4 is 29.1 Å². The number of nitrogen functional groups attached to an aromatic ring is 1. The Morgan fingerprint density at radius 2 is 1.82 bits per heavy atom. The van der Waals surface area contributed by atoms with Gasteiger partial charge in [0.25, 0.3) is 0 Å². The molecule has 0 atom stereocenters. The molecule has 0 bridgehead atoms. The summed E-state index contributed by atoms with van der Waals surface area (Å²) < 4.78 is 0. The average molecular weight is 264 g/mol. The third-order valence-corrected chi connectivity index (χ3v) is 3.82. The first-order valence-electron chi connectivity index (χ1n) is 5.38. The van der Waals surface area contributed by atoms with Gasteiger partial charge in [-0.05, 0) is 42.8 Å². The summed E-state index contributed by atoms with van der Waals surface area (Å²) in [4.78, 5) is 1.25. The van der Waals surface area contributed by atoms with Crippen LogP contribution in [-0.4, -0.2) is 0 Å². The highest BCUT2D eigenvalue weighted by Gasteiger charge is 2.01. The third kappa shape index (κ3) is 3.42. The lowest BCUT2D eigenvalue weighted by Crippen LogP contribution is -1.92. The topological polar surface area (TPSA) is 26.0 Å². The van der Waals surface area contributed by atoms with Crippen molar-refractivity contribution in [2.24, 2.45) is 0 Å². The van der Waals surface area contributed by atoms with Gasteiger partial charge in [0.2, 0.25) is 0 Å². The van der Waals surface area contributed by atoms with E-state index in [4.69, 9.17) is 17.3 Å². The van der Waals surface area contributed by atoms with E-state index in [0.717, 1.165) is 22.0 Å². The fourth-order valence-electron chi connectivity index (χ4n) is 1.49. The van der Waals surface area contributed by atoms with Gasteiger partial charge >= 0.3 is 0 Å². The Bertz CT molecular complexity index is 508. The lowest BCUT2D eigenvalue weighted by Gasteiger charge is -2.06. The summed E-state index contributed by atoms with van der Waals surface area (Å²) in [7, 11) is 0. The van der Waals surface area contributed by atoms with Gasteiger partial charge in [-0.1, -0.05) is 29.3 Å². The van der Waals surface area contributed by atoms with Crippen LogP contribution >= 0.6 is 23.4 Å². The molecule has 17 heavy (non-hydrogen) atoms. The molecule has 0 saturated heterocycles. The zero-order chi connectivity index (χ0) is 12.3. The second-order valence-corrected chi connectivity index (χ2v) is 5.43. The van der Waals surface area contributed by atoms with Crippen LogP contribution in [0.25, 0.3) is 0 Å². The van der Waals surface area contributed by atoms with Gasteiger partial charge in [0.05, 0.1) is 0 Å². The van der Waals surface area contributed by atoms with Crippen LogP contribution in [0.4, 0.5) is 5.69 Å². The van der Waals surface area contributed by atoms with Crippen molar-refractivity contribution in [1.29, 1.82) is 0 Å². The Hall–Kier alpha value is -1.12. The highest BCUT2D eigenvalue weighted by molar-refractivity contribution is 7.98. The molecule has 0 fully saturated rings. The van der Waals surface area contributed by atoms with Crippen molar-refractivity contribution in [2.75, 3.05) is 5.73 Å². The maximum Gasteiger partial charge on any atom is 0.0410 e. The number of hydrogen-bond acceptors (Lipinski definition) is 2. The van der Waals surface area contributed by atoms with Gasteiger partial charge in [0.15, 0.2) is 0 Å². The quantitative estimate of drug-likeness (QED) is 0.651. The Balaban J connectivity index is 2.07. The third-order valence-electron chi connectivity index (χ3n) is 2.52. The van der Waals surface area contributed by atoms with Gasteiger partial charge in [-0.3, -0.25) is 0 Å². The summed E-state index contributed by atoms with van der Waals surface area (Å²) in [6.45, 7) is 2.09. The van der Waals surface area contributed by atoms with Crippen LogP contribution in [0, 0.1) is 6.92 Å². The number of halogens is 1. The molecule has 3 heteroatoms. The van der Waals surface area contributed by atoms with Crippen molar-refractivity contribution in [2.45, 2.75) is 17.6 Å². The number of nitrogens with two attached hydrogens (primary N) is 1. The molecular formula is C14H14ClNS. The number of rotatable bonds is 3. The minimum absolute atomic E-state index is 0.735. The van der Waals surface area contributed by atoms with Crippen LogP contribution < -0.4 is 5.73 Å². The standard InChI is InChI=1S/C14H14ClNS/c1-10-2-5-13(6-3-10)17-9-11-8-12(15)4-7-14(11)16/h2-8H,9,16H2,1H3. The summed E-state index contributed by atoms with van der Waals surface area (Å²) in [6, 6.07) is 14.1. The lowest BCUT2D eigenvalue weighted by atomic mass is 10.2. The van der Waals surface area contributed by atoms with Crippen molar-refractivity contribution in [3.05, 3.63) is 58.6 Å². The van der Waals surface area contributed by atoms with Crippen molar-refractivity contribution in [3.8, 4) is 0 Å². The maximum absolute atomic E-state index is 5.95. The van der Waals surface area contributed by atoms with E-state index in [2.05, 4.69) is 31.2 Å². The van der Waals surface area contributed by atoms with Crippen molar-refractivity contribution in [1.82, 2.24) is 0 Å². The zero-order valence-electron chi connectivity index (χ0n) is 9.61. The Morgan fingerprint density at radius 3 is 2.53 bits per heavy atom. The van der Waals surface area contributed by atoms with Crippen molar-refractivity contribution < 1.29 is 0 Å². The second kappa shape index (κ2) is 5.48. The molecule has 2 N–H and O–H groups in total. The van der Waals surface area contributed by atoms with Gasteiger partial charge in [-0.15, -0.1) is 11.8 Å². The molecule has 0 aliphatic rings. The summed E-state index contributed by atoms with van der Waals surface area (Å²) in [5, 5.41) is 0.735. The second-order valence-electron chi connectivity index (χ2n) is 3.94. The molecule has 88 valence electrons. The van der Waals surface area contributed by atoms with E-state index in [9.17, 15) is 0 Å². The van der Waals surface area contributed by atoms with Crippen LogP contribution in [0.2, 0.25) is 5.02 Å². The van der Waals surface area contributed by atoms with E-state index in [-0.39, 0.29) is 0 Å². The van der Waals surface area contributed by atoms with Crippen LogP contribution in [0.15, 0.2) is 47.4 Å². The van der Waals surface area contributed by atoms with Gasteiger partial charge in [-0.2, -0.15) is 0 Å². The highest BCUT2D eigenvalue weighted by Crippen LogP contribution is 2.27. The molecule has 0 saturated carbocycles. The highest BCUT2D eigenvalue weighted by atomic mass is 35.5. The minimum Gasteiger partial charge on any atom is -0.398 e. The van der Waals surface area contributed by atoms with Crippen LogP contribution in [0.5, 0.6) is 0 Å². The first-order valence-corrected chi connectivity index (χ1v) is 6.75. The van der Waals surface area contributed by atoms with Crippen LogP contribution in [0.1, 0.15) is 11.1 Å².